The summed E-state index contributed by atoms with van der Waals surface area (Å²) in [5, 5.41) is 14.7. The molecule has 6 rings (SSSR count). The molecule has 58 heavy (non-hydrogen) atoms. The summed E-state index contributed by atoms with van der Waals surface area (Å²) in [5.74, 6) is -3.38. The fourth-order valence-corrected chi connectivity index (χ4v) is 8.90. The van der Waals surface area contributed by atoms with Gasteiger partial charge in [-0.2, -0.15) is 13.2 Å². The fourth-order valence-electron chi connectivity index (χ4n) is 7.59. The van der Waals surface area contributed by atoms with Crippen molar-refractivity contribution in [2.75, 3.05) is 13.2 Å². The van der Waals surface area contributed by atoms with Gasteiger partial charge in [0.25, 0.3) is 5.91 Å². The molecule has 3 N–H and O–H groups in total. The second kappa shape index (κ2) is 15.8. The molecule has 2 saturated carbocycles. The van der Waals surface area contributed by atoms with Crippen LogP contribution in [-0.2, 0) is 29.1 Å². The van der Waals surface area contributed by atoms with E-state index in [1.165, 1.54) is 11.8 Å². The van der Waals surface area contributed by atoms with Crippen molar-refractivity contribution in [3.8, 4) is 11.8 Å². The molecule has 0 unspecified atom stereocenters. The number of alkyl carbamates (subject to hydrolysis) is 1. The van der Waals surface area contributed by atoms with Crippen molar-refractivity contribution in [3.05, 3.63) is 36.4 Å². The second-order valence-corrected chi connectivity index (χ2v) is 19.0. The first-order valence-electron chi connectivity index (χ1n) is 19.6. The van der Waals surface area contributed by atoms with Crippen LogP contribution in [0.2, 0.25) is 0 Å². The zero-order valence-electron chi connectivity index (χ0n) is 33.4. The van der Waals surface area contributed by atoms with Gasteiger partial charge in [0, 0.05) is 12.3 Å². The van der Waals surface area contributed by atoms with Crippen molar-refractivity contribution in [3.63, 3.8) is 0 Å². The lowest BCUT2D eigenvalue weighted by atomic mass is 9.88. The molecule has 318 valence electrons. The van der Waals surface area contributed by atoms with E-state index in [-0.39, 0.29) is 37.1 Å². The van der Waals surface area contributed by atoms with Gasteiger partial charge in [0.15, 0.2) is 0 Å². The number of nitrogens with one attached hydrogen (secondary N) is 3. The van der Waals surface area contributed by atoms with Crippen LogP contribution in [0.4, 0.5) is 18.0 Å². The van der Waals surface area contributed by atoms with Crippen LogP contribution in [0.5, 0.6) is 11.8 Å². The Morgan fingerprint density at radius 3 is 2.34 bits per heavy atom. The van der Waals surface area contributed by atoms with Crippen molar-refractivity contribution in [1.82, 2.24) is 30.5 Å². The van der Waals surface area contributed by atoms with Gasteiger partial charge in [-0.15, -0.1) is 10.2 Å². The molecule has 2 aliphatic heterocycles. The lowest BCUT2D eigenvalue weighted by Crippen LogP contribution is -2.59. The van der Waals surface area contributed by atoms with Gasteiger partial charge in [-0.05, 0) is 90.2 Å². The highest BCUT2D eigenvalue weighted by atomic mass is 32.2. The minimum Gasteiger partial charge on any atom is -0.476 e. The lowest BCUT2D eigenvalue weighted by Gasteiger charge is -2.34. The molecule has 4 aliphatic rings. The Hall–Kier alpha value is -4.68. The third kappa shape index (κ3) is 8.69. The summed E-state index contributed by atoms with van der Waals surface area (Å²) in [5.41, 5.74) is -4.54. The number of benzene rings is 1. The number of nitrogens with zero attached hydrogens (tertiary/aromatic N) is 3. The monoisotopic (exact) mass is 836 g/mol. The van der Waals surface area contributed by atoms with Crippen LogP contribution in [-0.4, -0.2) is 101 Å². The van der Waals surface area contributed by atoms with Crippen molar-refractivity contribution in [2.24, 2.45) is 17.8 Å². The van der Waals surface area contributed by atoms with E-state index in [1.807, 2.05) is 13.0 Å². The minimum atomic E-state index is -4.92. The van der Waals surface area contributed by atoms with Gasteiger partial charge in [0.05, 0.1) is 28.7 Å². The number of carbonyl (C=O) groups excluding carboxylic acids is 4. The molecule has 0 spiro atoms. The summed E-state index contributed by atoms with van der Waals surface area (Å²) in [7, 11) is -4.08. The minimum absolute atomic E-state index is 0.0436. The maximum Gasteiger partial charge on any atom is 0.427 e. The van der Waals surface area contributed by atoms with Crippen LogP contribution < -0.4 is 24.8 Å². The van der Waals surface area contributed by atoms with Crippen LogP contribution in [0.3, 0.4) is 0 Å². The average molecular weight is 837 g/mol. The zero-order chi connectivity index (χ0) is 42.4. The fraction of sp³-hybridized carbons (Fsp3) is 0.641. The second-order valence-electron chi connectivity index (χ2n) is 16.8. The number of aromatic nitrogens is 2. The summed E-state index contributed by atoms with van der Waals surface area (Å²) >= 11 is 0. The van der Waals surface area contributed by atoms with Crippen molar-refractivity contribution in [2.45, 2.75) is 127 Å². The Bertz CT molecular complexity index is 2080. The summed E-state index contributed by atoms with van der Waals surface area (Å²) < 4.78 is 85.4. The van der Waals surface area contributed by atoms with Crippen LogP contribution in [0.25, 0.3) is 10.8 Å². The predicted molar refractivity (Wildman–Crippen MR) is 204 cm³/mol. The number of fused-ring (bicyclic) bond motifs is 3. The third-order valence-electron chi connectivity index (χ3n) is 11.7. The Morgan fingerprint density at radius 1 is 1.05 bits per heavy atom. The number of halogens is 3. The van der Waals surface area contributed by atoms with Gasteiger partial charge in [-0.25, -0.2) is 13.2 Å². The van der Waals surface area contributed by atoms with E-state index in [1.54, 1.807) is 44.2 Å². The van der Waals surface area contributed by atoms with Gasteiger partial charge in [-0.1, -0.05) is 38.1 Å². The lowest BCUT2D eigenvalue weighted by molar-refractivity contribution is -0.244. The van der Waals surface area contributed by atoms with E-state index in [2.05, 4.69) is 25.6 Å². The first-order valence-corrected chi connectivity index (χ1v) is 21.1. The van der Waals surface area contributed by atoms with Crippen LogP contribution in [0.15, 0.2) is 36.4 Å². The number of ether oxygens (including phenoxy) is 3. The summed E-state index contributed by atoms with van der Waals surface area (Å²) in [6.07, 6.45) is -1.46. The van der Waals surface area contributed by atoms with Gasteiger partial charge in [-0.3, -0.25) is 19.1 Å². The van der Waals surface area contributed by atoms with Crippen molar-refractivity contribution < 1.29 is 55.0 Å². The smallest absolute Gasteiger partial charge is 0.427 e. The number of carbonyl (C=O) groups is 4. The molecule has 1 saturated heterocycles. The molecule has 0 radical (unpaired) electrons. The molecule has 7 atom stereocenters. The van der Waals surface area contributed by atoms with Gasteiger partial charge < -0.3 is 29.7 Å². The number of hydrogen-bond acceptors (Lipinski definition) is 11. The van der Waals surface area contributed by atoms with E-state index in [4.69, 9.17) is 14.2 Å². The van der Waals surface area contributed by atoms with E-state index in [0.717, 1.165) is 0 Å². The summed E-state index contributed by atoms with van der Waals surface area (Å²) in [4.78, 5) is 57.5. The quantitative estimate of drug-likeness (QED) is 0.297. The van der Waals surface area contributed by atoms with Gasteiger partial charge in [0.2, 0.25) is 39.2 Å². The Labute approximate surface area is 335 Å². The van der Waals surface area contributed by atoms with Crippen molar-refractivity contribution >= 4 is 44.6 Å². The maximum absolute atomic E-state index is 14.7. The van der Waals surface area contributed by atoms with E-state index >= 15 is 0 Å². The number of sulfonamides is 1. The highest BCUT2D eigenvalue weighted by Gasteiger charge is 2.63. The van der Waals surface area contributed by atoms with E-state index in [0.29, 0.717) is 63.3 Å². The zero-order valence-corrected chi connectivity index (χ0v) is 34.2. The van der Waals surface area contributed by atoms with Gasteiger partial charge in [0.1, 0.15) is 23.7 Å². The van der Waals surface area contributed by atoms with E-state index in [9.17, 15) is 40.8 Å². The molecule has 4 amide bonds. The Balaban J connectivity index is 1.36. The molecule has 3 fully saturated rings. The molecular formula is C39H51F3N6O9S. The molecule has 1 aromatic carbocycles. The third-order valence-corrected chi connectivity index (χ3v) is 13.9. The number of amides is 4. The SMILES string of the molecule is CCOc1nnc(O[C@@H]2C[C@H]3C(=O)N[C@]4(C(=O)NS(=O)(=O)C5(C)CC5)C[C@H]4/C=C\CC[C@H](C)C[C@@H](C)[C@H](NC(=O)OC(C)(C)C(F)(F)F)C(=O)N3C2)c2ccccc12. The first kappa shape index (κ1) is 42.9. The predicted octanol–water partition coefficient (Wildman–Crippen LogP) is 4.70. The number of hydrogen-bond donors (Lipinski definition) is 3. The highest BCUT2D eigenvalue weighted by molar-refractivity contribution is 7.91. The number of allylic oxidation sites excluding steroid dienone is 1. The normalized spacial score (nSPS) is 29.4. The molecule has 1 aromatic heterocycles. The first-order chi connectivity index (χ1) is 27.1. The highest BCUT2D eigenvalue weighted by Crippen LogP contribution is 2.48. The van der Waals surface area contributed by atoms with Crippen molar-refractivity contribution in [1.29, 1.82) is 0 Å². The van der Waals surface area contributed by atoms with Crippen LogP contribution in [0.1, 0.15) is 86.5 Å². The summed E-state index contributed by atoms with van der Waals surface area (Å²) in [6, 6.07) is 4.26. The standard InChI is InChI=1S/C39H51F3N6O9S/c1-7-55-31-26-14-10-11-15-27(26)32(46-45-31)56-25-19-28-30(49)44-38(34(51)47-58(53,54)37(6)16-17-37)20-24(38)13-9-8-12-22(2)18-23(3)29(33(50)48(28)21-25)43-35(52)57-36(4,5)39(40,41)42/h9-11,13-15,22-25,28-29H,7-8,12,16-21H2,1-6H3,(H,43,52)(H,44,49)(H,47,51)/b13-9-/t22-,23+,24+,25+,28-,29-,38+/m0/s1. The molecule has 0 bridgehead atoms. The maximum atomic E-state index is 14.7. The Morgan fingerprint density at radius 2 is 1.71 bits per heavy atom. The Kier molecular flexibility index (Phi) is 11.7. The topological polar surface area (TPSA) is 195 Å². The molecule has 2 aromatic rings. The molecular weight excluding hydrogens is 786 g/mol. The molecule has 15 nitrogen and oxygen atoms in total. The van der Waals surface area contributed by atoms with Crippen LogP contribution in [0, 0.1) is 17.8 Å². The average Bonchev–Trinajstić information content (AvgIpc) is 4.02. The van der Waals surface area contributed by atoms with Crippen LogP contribution >= 0.6 is 0 Å². The number of alkyl halides is 3. The summed E-state index contributed by atoms with van der Waals surface area (Å²) in [6.45, 7) is 8.40. The molecule has 3 heterocycles. The van der Waals surface area contributed by atoms with Gasteiger partial charge >= 0.3 is 12.3 Å². The largest absolute Gasteiger partial charge is 0.476 e. The molecule has 19 heteroatoms. The molecule has 2 aliphatic carbocycles. The number of rotatable bonds is 9. The van der Waals surface area contributed by atoms with E-state index < -0.39 is 85.9 Å².